The molecule has 0 saturated heterocycles. The van der Waals surface area contributed by atoms with Crippen LogP contribution < -0.4 is 10.7 Å². The summed E-state index contributed by atoms with van der Waals surface area (Å²) in [5.41, 5.74) is 2.64. The van der Waals surface area contributed by atoms with Gasteiger partial charge in [0.1, 0.15) is 6.04 Å². The number of hydrazone groups is 1. The molecule has 1 unspecified atom stereocenters. The second kappa shape index (κ2) is 10.4. The molecule has 2 N–H and O–H groups in total. The van der Waals surface area contributed by atoms with Gasteiger partial charge in [0, 0.05) is 28.3 Å². The first-order chi connectivity index (χ1) is 14.1. The van der Waals surface area contributed by atoms with Gasteiger partial charge >= 0.3 is 0 Å². The average Bonchev–Trinajstić information content (AvgIpc) is 2.68. The third-order valence-electron chi connectivity index (χ3n) is 3.99. The third-order valence-corrected chi connectivity index (χ3v) is 5.07. The normalized spacial score (nSPS) is 12.1. The fraction of sp³-hybridized carbons (Fsp3) is 0.211. The lowest BCUT2D eigenvalue weighted by molar-refractivity contribution is -0.384. The first kappa shape index (κ1) is 23.6. The van der Waals surface area contributed by atoms with Gasteiger partial charge in [0.2, 0.25) is 0 Å². The van der Waals surface area contributed by atoms with Gasteiger partial charge in [-0.25, -0.2) is 5.43 Å². The van der Waals surface area contributed by atoms with E-state index in [0.717, 1.165) is 0 Å². The minimum Gasteiger partial charge on any atom is -0.340 e. The van der Waals surface area contributed by atoms with Gasteiger partial charge in [-0.05, 0) is 30.2 Å². The molecule has 30 heavy (non-hydrogen) atoms. The fourth-order valence-electron chi connectivity index (χ4n) is 2.38. The number of rotatable bonds is 7. The maximum atomic E-state index is 12.5. The number of amides is 2. The molecule has 158 valence electrons. The van der Waals surface area contributed by atoms with E-state index in [0.29, 0.717) is 5.02 Å². The molecule has 0 aliphatic rings. The van der Waals surface area contributed by atoms with Crippen LogP contribution in [0.25, 0.3) is 0 Å². The average molecular weight is 472 g/mol. The van der Waals surface area contributed by atoms with Crippen molar-refractivity contribution in [3.05, 3.63) is 72.7 Å². The van der Waals surface area contributed by atoms with E-state index in [1.165, 1.54) is 42.6 Å². The van der Waals surface area contributed by atoms with E-state index < -0.39 is 22.8 Å². The highest BCUT2D eigenvalue weighted by Gasteiger charge is 2.24. The van der Waals surface area contributed by atoms with Gasteiger partial charge in [0.05, 0.1) is 21.2 Å². The number of nitro groups is 1. The summed E-state index contributed by atoms with van der Waals surface area (Å²) in [4.78, 5) is 35.2. The van der Waals surface area contributed by atoms with Gasteiger partial charge < -0.3 is 5.32 Å². The summed E-state index contributed by atoms with van der Waals surface area (Å²) < 4.78 is 0. The van der Waals surface area contributed by atoms with Crippen LogP contribution in [0.1, 0.15) is 29.8 Å². The quantitative estimate of drug-likeness (QED) is 0.352. The zero-order valence-corrected chi connectivity index (χ0v) is 18.1. The Hall–Kier alpha value is -2.68. The Morgan fingerprint density at radius 2 is 1.73 bits per heavy atom. The molecule has 2 amide bonds. The number of hydrogen-bond acceptors (Lipinski definition) is 5. The minimum absolute atomic E-state index is 0.166. The summed E-state index contributed by atoms with van der Waals surface area (Å²) in [6.45, 7) is 3.50. The van der Waals surface area contributed by atoms with Gasteiger partial charge in [-0.1, -0.05) is 48.7 Å². The Morgan fingerprint density at radius 1 is 1.07 bits per heavy atom. The second-order valence-corrected chi connectivity index (χ2v) is 7.74. The number of benzene rings is 2. The molecule has 11 heteroatoms. The first-order valence-electron chi connectivity index (χ1n) is 8.63. The van der Waals surface area contributed by atoms with Gasteiger partial charge in [-0.2, -0.15) is 5.10 Å². The van der Waals surface area contributed by atoms with Gasteiger partial charge in [0.25, 0.3) is 17.5 Å². The molecule has 0 aliphatic heterocycles. The number of nitrogens with zero attached hydrogens (tertiary/aromatic N) is 2. The summed E-state index contributed by atoms with van der Waals surface area (Å²) in [5, 5.41) is 18.0. The summed E-state index contributed by atoms with van der Waals surface area (Å²) in [6.07, 6.45) is 1.19. The molecule has 0 aliphatic carbocycles. The number of halogens is 3. The van der Waals surface area contributed by atoms with Crippen LogP contribution in [0, 0.1) is 16.0 Å². The first-order valence-corrected chi connectivity index (χ1v) is 9.76. The Balaban J connectivity index is 2.09. The lowest BCUT2D eigenvalue weighted by atomic mass is 10.0. The molecule has 2 aromatic carbocycles. The monoisotopic (exact) mass is 470 g/mol. The van der Waals surface area contributed by atoms with E-state index in [-0.39, 0.29) is 32.8 Å². The SMILES string of the molecule is CC(C)C(NC(=O)c1ccc(Cl)c(Cl)c1)C(=O)N/N=C\c1cc([N+](=O)[O-])ccc1Cl. The maximum Gasteiger partial charge on any atom is 0.270 e. The molecule has 0 saturated carbocycles. The van der Waals surface area contributed by atoms with Crippen LogP contribution in [0.2, 0.25) is 15.1 Å². The van der Waals surface area contributed by atoms with Crippen molar-refractivity contribution >= 4 is 58.5 Å². The molecule has 0 fully saturated rings. The Morgan fingerprint density at radius 3 is 2.33 bits per heavy atom. The van der Waals surface area contributed by atoms with Crippen molar-refractivity contribution in [3.8, 4) is 0 Å². The van der Waals surface area contributed by atoms with E-state index in [2.05, 4.69) is 15.8 Å². The van der Waals surface area contributed by atoms with Crippen molar-refractivity contribution in [1.29, 1.82) is 0 Å². The van der Waals surface area contributed by atoms with Crippen molar-refractivity contribution in [2.75, 3.05) is 0 Å². The van der Waals surface area contributed by atoms with Gasteiger partial charge in [0.15, 0.2) is 0 Å². The van der Waals surface area contributed by atoms with Crippen molar-refractivity contribution in [1.82, 2.24) is 10.7 Å². The number of carbonyl (C=O) groups is 2. The molecule has 0 heterocycles. The summed E-state index contributed by atoms with van der Waals surface area (Å²) in [6, 6.07) is 7.31. The molecule has 2 rings (SSSR count). The van der Waals surface area contributed by atoms with Crippen LogP contribution in [0.3, 0.4) is 0 Å². The molecule has 0 radical (unpaired) electrons. The van der Waals surface area contributed by atoms with Crippen molar-refractivity contribution in [2.24, 2.45) is 11.0 Å². The standard InChI is InChI=1S/C19H17Cl3N4O4/c1-10(2)17(24-18(27)11-3-5-15(21)16(22)8-11)19(28)25-23-9-12-7-13(26(29)30)4-6-14(12)20/h3-10,17H,1-2H3,(H,24,27)(H,25,28)/b23-9-. The molecule has 2 aromatic rings. The number of hydrogen-bond donors (Lipinski definition) is 2. The summed E-state index contributed by atoms with van der Waals surface area (Å²) in [7, 11) is 0. The number of carbonyl (C=O) groups excluding carboxylic acids is 2. The van der Waals surface area contributed by atoms with Crippen LogP contribution in [0.5, 0.6) is 0 Å². The van der Waals surface area contributed by atoms with Crippen LogP contribution in [-0.2, 0) is 4.79 Å². The van der Waals surface area contributed by atoms with E-state index >= 15 is 0 Å². The van der Waals surface area contributed by atoms with Gasteiger partial charge in [-0.15, -0.1) is 0 Å². The lowest BCUT2D eigenvalue weighted by Gasteiger charge is -2.20. The van der Waals surface area contributed by atoms with Crippen LogP contribution >= 0.6 is 34.8 Å². The molecule has 0 aromatic heterocycles. The smallest absolute Gasteiger partial charge is 0.270 e. The molecule has 0 bridgehead atoms. The minimum atomic E-state index is -0.898. The van der Waals surface area contributed by atoms with Crippen molar-refractivity contribution in [3.63, 3.8) is 0 Å². The van der Waals surface area contributed by atoms with Gasteiger partial charge in [-0.3, -0.25) is 19.7 Å². The fourth-order valence-corrected chi connectivity index (χ4v) is 2.84. The summed E-state index contributed by atoms with van der Waals surface area (Å²) in [5.74, 6) is -1.34. The number of non-ortho nitro benzene ring substituents is 1. The van der Waals surface area contributed by atoms with Crippen LogP contribution in [-0.4, -0.2) is 29.0 Å². The summed E-state index contributed by atoms with van der Waals surface area (Å²) >= 11 is 17.8. The van der Waals surface area contributed by atoms with E-state index in [1.807, 2.05) is 0 Å². The highest BCUT2D eigenvalue weighted by Crippen LogP contribution is 2.23. The number of nitrogens with one attached hydrogen (secondary N) is 2. The van der Waals surface area contributed by atoms with Crippen molar-refractivity contribution < 1.29 is 14.5 Å². The molecule has 0 spiro atoms. The van der Waals surface area contributed by atoms with E-state index in [9.17, 15) is 19.7 Å². The lowest BCUT2D eigenvalue weighted by Crippen LogP contribution is -2.48. The largest absolute Gasteiger partial charge is 0.340 e. The van der Waals surface area contributed by atoms with E-state index in [4.69, 9.17) is 34.8 Å². The van der Waals surface area contributed by atoms with Crippen LogP contribution in [0.4, 0.5) is 5.69 Å². The predicted molar refractivity (Wildman–Crippen MR) is 116 cm³/mol. The Labute approximate surface area is 187 Å². The topological polar surface area (TPSA) is 114 Å². The third kappa shape index (κ3) is 6.16. The Bertz CT molecular complexity index is 1010. The molecule has 1 atom stereocenters. The maximum absolute atomic E-state index is 12.5. The van der Waals surface area contributed by atoms with Crippen LogP contribution in [0.15, 0.2) is 41.5 Å². The highest BCUT2D eigenvalue weighted by atomic mass is 35.5. The molecular formula is C19H17Cl3N4O4. The van der Waals surface area contributed by atoms with Crippen molar-refractivity contribution in [2.45, 2.75) is 19.9 Å². The molecular weight excluding hydrogens is 455 g/mol. The second-order valence-electron chi connectivity index (χ2n) is 6.52. The van der Waals surface area contributed by atoms with E-state index in [1.54, 1.807) is 13.8 Å². The Kier molecular flexibility index (Phi) is 8.16. The highest BCUT2D eigenvalue weighted by molar-refractivity contribution is 6.42. The predicted octanol–water partition coefficient (Wildman–Crippen LogP) is 4.46. The zero-order valence-electron chi connectivity index (χ0n) is 15.9. The number of nitro benzene ring substituents is 1. The zero-order chi connectivity index (χ0) is 22.4. The molecule has 8 nitrogen and oxygen atoms in total.